The van der Waals surface area contributed by atoms with E-state index in [4.69, 9.17) is 9.47 Å². The standard InChI is InChI=1S/C18H18N2O3/c1-22-13-9-14-16(11-21)20-19-15(18(14)17(10-13)23-2)8-12-6-4-3-5-7-12/h3-7,9-11,16,20H,8H2,1-2H3. The molecule has 1 aliphatic heterocycles. The molecule has 0 spiro atoms. The van der Waals surface area contributed by atoms with Gasteiger partial charge in [-0.3, -0.25) is 5.43 Å². The van der Waals surface area contributed by atoms with Crippen LogP contribution in [0.2, 0.25) is 0 Å². The minimum atomic E-state index is -0.506. The monoisotopic (exact) mass is 310 g/mol. The summed E-state index contributed by atoms with van der Waals surface area (Å²) in [6.45, 7) is 0. The Hall–Kier alpha value is -2.82. The molecule has 0 saturated carbocycles. The quantitative estimate of drug-likeness (QED) is 0.862. The summed E-state index contributed by atoms with van der Waals surface area (Å²) in [5.74, 6) is 1.30. The lowest BCUT2D eigenvalue weighted by Gasteiger charge is -2.25. The van der Waals surface area contributed by atoms with Crippen molar-refractivity contribution in [3.8, 4) is 11.5 Å². The van der Waals surface area contributed by atoms with E-state index >= 15 is 0 Å². The predicted molar refractivity (Wildman–Crippen MR) is 88.2 cm³/mol. The molecular formula is C18H18N2O3. The lowest BCUT2D eigenvalue weighted by Crippen LogP contribution is -2.28. The van der Waals surface area contributed by atoms with Gasteiger partial charge in [0.15, 0.2) is 0 Å². The van der Waals surface area contributed by atoms with E-state index in [9.17, 15) is 4.79 Å². The predicted octanol–water partition coefficient (Wildman–Crippen LogP) is 2.49. The molecule has 5 heteroatoms. The molecule has 0 radical (unpaired) electrons. The highest BCUT2D eigenvalue weighted by atomic mass is 16.5. The first-order valence-corrected chi connectivity index (χ1v) is 7.34. The van der Waals surface area contributed by atoms with Gasteiger partial charge in [-0.25, -0.2) is 0 Å². The summed E-state index contributed by atoms with van der Waals surface area (Å²) in [5.41, 5.74) is 6.56. The van der Waals surface area contributed by atoms with Crippen molar-refractivity contribution in [2.45, 2.75) is 12.5 Å². The number of hydrogen-bond donors (Lipinski definition) is 1. The number of nitrogens with one attached hydrogen (secondary N) is 1. The number of hydrogen-bond acceptors (Lipinski definition) is 5. The minimum Gasteiger partial charge on any atom is -0.497 e. The van der Waals surface area contributed by atoms with Crippen molar-refractivity contribution in [1.29, 1.82) is 0 Å². The fraction of sp³-hybridized carbons (Fsp3) is 0.222. The van der Waals surface area contributed by atoms with Crippen LogP contribution in [0.4, 0.5) is 0 Å². The largest absolute Gasteiger partial charge is 0.497 e. The SMILES string of the molecule is COc1cc(OC)c2c(c1)C(C=O)NN=C2Cc1ccccc1. The van der Waals surface area contributed by atoms with Crippen molar-refractivity contribution in [3.05, 3.63) is 59.2 Å². The molecule has 0 fully saturated rings. The van der Waals surface area contributed by atoms with Crippen molar-refractivity contribution < 1.29 is 14.3 Å². The second-order valence-electron chi connectivity index (χ2n) is 5.26. The number of nitrogens with zero attached hydrogens (tertiary/aromatic N) is 1. The molecule has 0 aromatic heterocycles. The van der Waals surface area contributed by atoms with E-state index < -0.39 is 6.04 Å². The van der Waals surface area contributed by atoms with Gasteiger partial charge in [-0.15, -0.1) is 0 Å². The van der Waals surface area contributed by atoms with Gasteiger partial charge in [0, 0.05) is 18.1 Å². The molecule has 1 atom stereocenters. The lowest BCUT2D eigenvalue weighted by molar-refractivity contribution is -0.109. The van der Waals surface area contributed by atoms with Crippen molar-refractivity contribution >= 4 is 12.0 Å². The van der Waals surface area contributed by atoms with Gasteiger partial charge in [0.25, 0.3) is 0 Å². The number of hydrazone groups is 1. The molecular weight excluding hydrogens is 292 g/mol. The Balaban J connectivity index is 2.08. The maximum Gasteiger partial charge on any atom is 0.148 e. The Morgan fingerprint density at radius 3 is 2.61 bits per heavy atom. The number of aldehydes is 1. The van der Waals surface area contributed by atoms with E-state index in [0.717, 1.165) is 28.7 Å². The number of ether oxygens (including phenoxy) is 2. The zero-order chi connectivity index (χ0) is 16.2. The summed E-state index contributed by atoms with van der Waals surface area (Å²) in [6, 6.07) is 13.2. The van der Waals surface area contributed by atoms with Gasteiger partial charge in [0.1, 0.15) is 23.8 Å². The lowest BCUT2D eigenvalue weighted by atomic mass is 9.92. The molecule has 1 N–H and O–H groups in total. The molecule has 0 saturated heterocycles. The molecule has 0 amide bonds. The fourth-order valence-electron chi connectivity index (χ4n) is 2.74. The van der Waals surface area contributed by atoms with Gasteiger partial charge >= 0.3 is 0 Å². The average molecular weight is 310 g/mol. The minimum absolute atomic E-state index is 0.506. The smallest absolute Gasteiger partial charge is 0.148 e. The summed E-state index contributed by atoms with van der Waals surface area (Å²) in [7, 11) is 3.19. The first kappa shape index (κ1) is 15.1. The van der Waals surface area contributed by atoms with Crippen LogP contribution in [0.25, 0.3) is 0 Å². The van der Waals surface area contributed by atoms with Crippen molar-refractivity contribution in [2.75, 3.05) is 14.2 Å². The highest BCUT2D eigenvalue weighted by molar-refractivity contribution is 6.07. The maximum absolute atomic E-state index is 11.4. The Morgan fingerprint density at radius 2 is 1.96 bits per heavy atom. The summed E-state index contributed by atoms with van der Waals surface area (Å²) in [6.07, 6.45) is 1.48. The van der Waals surface area contributed by atoms with E-state index in [2.05, 4.69) is 10.5 Å². The van der Waals surface area contributed by atoms with Gasteiger partial charge < -0.3 is 14.3 Å². The van der Waals surface area contributed by atoms with Crippen molar-refractivity contribution in [3.63, 3.8) is 0 Å². The molecule has 0 aliphatic carbocycles. The third kappa shape index (κ3) is 2.90. The number of fused-ring (bicyclic) bond motifs is 1. The summed E-state index contributed by atoms with van der Waals surface area (Å²) < 4.78 is 10.8. The van der Waals surface area contributed by atoms with Gasteiger partial charge in [0.05, 0.1) is 19.9 Å². The van der Waals surface area contributed by atoms with Crippen LogP contribution in [-0.2, 0) is 11.2 Å². The normalized spacial score (nSPS) is 15.9. The summed E-state index contributed by atoms with van der Waals surface area (Å²) in [5, 5.41) is 4.40. The van der Waals surface area contributed by atoms with Crippen molar-refractivity contribution in [1.82, 2.24) is 5.43 Å². The number of carbonyl (C=O) groups excluding carboxylic acids is 1. The van der Waals surface area contributed by atoms with E-state index in [0.29, 0.717) is 17.9 Å². The Kier molecular flexibility index (Phi) is 4.28. The third-order valence-electron chi connectivity index (χ3n) is 3.87. The zero-order valence-electron chi connectivity index (χ0n) is 13.1. The molecule has 1 heterocycles. The molecule has 5 nitrogen and oxygen atoms in total. The van der Waals surface area contributed by atoms with Crippen molar-refractivity contribution in [2.24, 2.45) is 5.10 Å². The van der Waals surface area contributed by atoms with E-state index in [1.165, 1.54) is 0 Å². The maximum atomic E-state index is 11.4. The number of benzene rings is 2. The molecule has 3 rings (SSSR count). The first-order chi connectivity index (χ1) is 11.3. The van der Waals surface area contributed by atoms with Crippen LogP contribution in [0.5, 0.6) is 11.5 Å². The Bertz CT molecular complexity index is 741. The fourth-order valence-corrected chi connectivity index (χ4v) is 2.74. The zero-order valence-corrected chi connectivity index (χ0v) is 13.1. The molecule has 2 aromatic rings. The highest BCUT2D eigenvalue weighted by Gasteiger charge is 2.27. The van der Waals surface area contributed by atoms with Crippen LogP contribution < -0.4 is 14.9 Å². The van der Waals surface area contributed by atoms with Crippen LogP contribution in [-0.4, -0.2) is 26.2 Å². The Morgan fingerprint density at radius 1 is 1.17 bits per heavy atom. The summed E-state index contributed by atoms with van der Waals surface area (Å²) >= 11 is 0. The van der Waals surface area contributed by atoms with Gasteiger partial charge in [-0.2, -0.15) is 5.10 Å². The van der Waals surface area contributed by atoms with Gasteiger partial charge in [0.2, 0.25) is 0 Å². The average Bonchev–Trinajstić information content (AvgIpc) is 2.61. The second kappa shape index (κ2) is 6.52. The van der Waals surface area contributed by atoms with E-state index in [1.54, 1.807) is 14.2 Å². The molecule has 23 heavy (non-hydrogen) atoms. The third-order valence-corrected chi connectivity index (χ3v) is 3.87. The van der Waals surface area contributed by atoms with Crippen LogP contribution >= 0.6 is 0 Å². The van der Waals surface area contributed by atoms with E-state index in [1.807, 2.05) is 42.5 Å². The van der Waals surface area contributed by atoms with Crippen LogP contribution in [0, 0.1) is 0 Å². The van der Waals surface area contributed by atoms with Crippen LogP contribution in [0.1, 0.15) is 22.7 Å². The topological polar surface area (TPSA) is 59.9 Å². The van der Waals surface area contributed by atoms with Gasteiger partial charge in [-0.1, -0.05) is 30.3 Å². The molecule has 0 bridgehead atoms. The molecule has 1 aliphatic rings. The second-order valence-corrected chi connectivity index (χ2v) is 5.26. The number of rotatable bonds is 5. The number of methoxy groups -OCH3 is 2. The van der Waals surface area contributed by atoms with E-state index in [-0.39, 0.29) is 0 Å². The molecule has 1 unspecified atom stereocenters. The van der Waals surface area contributed by atoms with Gasteiger partial charge in [-0.05, 0) is 17.2 Å². The van der Waals surface area contributed by atoms with Crippen LogP contribution in [0.3, 0.4) is 0 Å². The van der Waals surface area contributed by atoms with Crippen LogP contribution in [0.15, 0.2) is 47.6 Å². The number of carbonyl (C=O) groups is 1. The molecule has 2 aromatic carbocycles. The molecule has 118 valence electrons. The highest BCUT2D eigenvalue weighted by Crippen LogP contribution is 2.35. The first-order valence-electron chi connectivity index (χ1n) is 7.34. The Labute approximate surface area is 134 Å². The summed E-state index contributed by atoms with van der Waals surface area (Å²) in [4.78, 5) is 11.4.